The molecule has 0 amide bonds. The highest BCUT2D eigenvalue weighted by molar-refractivity contribution is 7.22. The highest BCUT2D eigenvalue weighted by atomic mass is 32.1. The average molecular weight is 283 g/mol. The van der Waals surface area contributed by atoms with Gasteiger partial charge in [-0.3, -0.25) is 0 Å². The Hall–Kier alpha value is -2.07. The van der Waals surface area contributed by atoms with Crippen LogP contribution in [-0.4, -0.2) is 4.98 Å². The number of thiazole rings is 1. The molecule has 3 aromatic rings. The van der Waals surface area contributed by atoms with Gasteiger partial charge in [-0.05, 0) is 37.6 Å². The van der Waals surface area contributed by atoms with Gasteiger partial charge < -0.3 is 11.1 Å². The molecule has 0 fully saturated rings. The summed E-state index contributed by atoms with van der Waals surface area (Å²) in [7, 11) is 0. The maximum absolute atomic E-state index is 5.81. The molecule has 3 rings (SSSR count). The Kier molecular flexibility index (Phi) is 3.10. The van der Waals surface area contributed by atoms with Crippen LogP contribution in [0.5, 0.6) is 0 Å². The molecule has 0 aliphatic rings. The van der Waals surface area contributed by atoms with Gasteiger partial charge in [0.05, 0.1) is 15.8 Å². The molecule has 0 aliphatic carbocycles. The summed E-state index contributed by atoms with van der Waals surface area (Å²) in [5.74, 6) is 0. The summed E-state index contributed by atoms with van der Waals surface area (Å²) in [4.78, 5) is 4.62. The summed E-state index contributed by atoms with van der Waals surface area (Å²) < 4.78 is 1.11. The minimum absolute atomic E-state index is 0.166. The van der Waals surface area contributed by atoms with Crippen LogP contribution in [0.25, 0.3) is 10.2 Å². The number of fused-ring (bicyclic) bond motifs is 1. The van der Waals surface area contributed by atoms with Crippen LogP contribution in [0.2, 0.25) is 0 Å². The lowest BCUT2D eigenvalue weighted by molar-refractivity contribution is 0.609. The van der Waals surface area contributed by atoms with Crippen LogP contribution >= 0.6 is 11.3 Å². The van der Waals surface area contributed by atoms with E-state index in [1.807, 2.05) is 24.3 Å². The molecule has 4 heteroatoms. The molecular formula is C16H17N3S. The molecule has 0 radical (unpaired) electrons. The summed E-state index contributed by atoms with van der Waals surface area (Å²) in [5.41, 5.74) is 8.63. The Morgan fingerprint density at radius 2 is 1.85 bits per heavy atom. The molecule has 0 saturated carbocycles. The van der Waals surface area contributed by atoms with Crippen molar-refractivity contribution in [3.8, 4) is 0 Å². The van der Waals surface area contributed by atoms with Crippen LogP contribution in [0, 0.1) is 0 Å². The predicted octanol–water partition coefficient (Wildman–Crippen LogP) is 4.23. The van der Waals surface area contributed by atoms with E-state index in [1.165, 1.54) is 5.56 Å². The molecule has 0 bridgehead atoms. The van der Waals surface area contributed by atoms with Gasteiger partial charge in [0.15, 0.2) is 5.13 Å². The average Bonchev–Trinajstić information content (AvgIpc) is 2.80. The lowest BCUT2D eigenvalue weighted by Gasteiger charge is -2.26. The fourth-order valence-corrected chi connectivity index (χ4v) is 3.26. The second-order valence-electron chi connectivity index (χ2n) is 5.36. The molecule has 1 heterocycles. The summed E-state index contributed by atoms with van der Waals surface area (Å²) in [6, 6.07) is 16.2. The largest absolute Gasteiger partial charge is 0.399 e. The molecular weight excluding hydrogens is 266 g/mol. The van der Waals surface area contributed by atoms with E-state index in [4.69, 9.17) is 5.73 Å². The quantitative estimate of drug-likeness (QED) is 0.707. The first-order valence-electron chi connectivity index (χ1n) is 6.54. The van der Waals surface area contributed by atoms with Crippen molar-refractivity contribution in [2.75, 3.05) is 11.1 Å². The van der Waals surface area contributed by atoms with E-state index in [0.29, 0.717) is 0 Å². The predicted molar refractivity (Wildman–Crippen MR) is 87.1 cm³/mol. The maximum Gasteiger partial charge on any atom is 0.184 e. The maximum atomic E-state index is 5.81. The number of hydrogen-bond acceptors (Lipinski definition) is 4. The van der Waals surface area contributed by atoms with E-state index in [-0.39, 0.29) is 5.54 Å². The molecule has 102 valence electrons. The van der Waals surface area contributed by atoms with Gasteiger partial charge in [-0.2, -0.15) is 0 Å². The summed E-state index contributed by atoms with van der Waals surface area (Å²) in [5, 5.41) is 4.43. The van der Waals surface area contributed by atoms with Gasteiger partial charge in [0.25, 0.3) is 0 Å². The van der Waals surface area contributed by atoms with Crippen LogP contribution in [0.3, 0.4) is 0 Å². The zero-order chi connectivity index (χ0) is 14.2. The summed E-state index contributed by atoms with van der Waals surface area (Å²) in [6.45, 7) is 4.31. The number of hydrogen-bond donors (Lipinski definition) is 2. The Labute approximate surface area is 122 Å². The van der Waals surface area contributed by atoms with Crippen molar-refractivity contribution < 1.29 is 0 Å². The molecule has 0 spiro atoms. The van der Waals surface area contributed by atoms with Crippen molar-refractivity contribution in [1.82, 2.24) is 4.98 Å². The number of nitrogens with zero attached hydrogens (tertiary/aromatic N) is 1. The highest BCUT2D eigenvalue weighted by Gasteiger charge is 2.21. The summed E-state index contributed by atoms with van der Waals surface area (Å²) >= 11 is 1.63. The number of benzene rings is 2. The van der Waals surface area contributed by atoms with Crippen molar-refractivity contribution in [3.05, 3.63) is 54.1 Å². The van der Waals surface area contributed by atoms with Gasteiger partial charge in [-0.1, -0.05) is 41.7 Å². The number of rotatable bonds is 3. The number of aromatic nitrogens is 1. The van der Waals surface area contributed by atoms with Gasteiger partial charge in [0.2, 0.25) is 0 Å². The summed E-state index contributed by atoms with van der Waals surface area (Å²) in [6.07, 6.45) is 0. The van der Waals surface area contributed by atoms with Gasteiger partial charge in [0.1, 0.15) is 0 Å². The van der Waals surface area contributed by atoms with Gasteiger partial charge in [-0.25, -0.2) is 4.98 Å². The topological polar surface area (TPSA) is 50.9 Å². The number of anilines is 2. The van der Waals surface area contributed by atoms with Gasteiger partial charge in [-0.15, -0.1) is 0 Å². The molecule has 3 N–H and O–H groups in total. The molecule has 3 nitrogen and oxygen atoms in total. The third-order valence-electron chi connectivity index (χ3n) is 3.33. The van der Waals surface area contributed by atoms with E-state index in [1.54, 1.807) is 11.3 Å². The molecule has 0 unspecified atom stereocenters. The van der Waals surface area contributed by atoms with Crippen molar-refractivity contribution in [2.45, 2.75) is 19.4 Å². The van der Waals surface area contributed by atoms with Crippen LogP contribution in [0.1, 0.15) is 19.4 Å². The zero-order valence-electron chi connectivity index (χ0n) is 11.6. The number of nitrogen functional groups attached to an aromatic ring is 1. The molecule has 0 atom stereocenters. The zero-order valence-corrected chi connectivity index (χ0v) is 12.4. The smallest absolute Gasteiger partial charge is 0.184 e. The van der Waals surface area contributed by atoms with Crippen LogP contribution in [0.15, 0.2) is 48.5 Å². The third-order valence-corrected chi connectivity index (χ3v) is 4.26. The molecule has 20 heavy (non-hydrogen) atoms. The molecule has 0 aliphatic heterocycles. The monoisotopic (exact) mass is 283 g/mol. The normalized spacial score (nSPS) is 11.7. The van der Waals surface area contributed by atoms with E-state index in [0.717, 1.165) is 21.0 Å². The Morgan fingerprint density at radius 3 is 2.60 bits per heavy atom. The van der Waals surface area contributed by atoms with E-state index in [2.05, 4.69) is 48.4 Å². The van der Waals surface area contributed by atoms with Crippen LogP contribution in [0.4, 0.5) is 10.8 Å². The first-order valence-corrected chi connectivity index (χ1v) is 7.36. The Bertz CT molecular complexity index is 732. The number of nitrogens with one attached hydrogen (secondary N) is 1. The Balaban J connectivity index is 1.92. The van der Waals surface area contributed by atoms with Crippen molar-refractivity contribution in [2.24, 2.45) is 0 Å². The van der Waals surface area contributed by atoms with Crippen molar-refractivity contribution in [1.29, 1.82) is 0 Å². The molecule has 2 aromatic carbocycles. The SMILES string of the molecule is CC(C)(Nc1nc2ccc(N)cc2s1)c1ccccc1. The van der Waals surface area contributed by atoms with Gasteiger partial charge >= 0.3 is 0 Å². The van der Waals surface area contributed by atoms with Crippen LogP contribution < -0.4 is 11.1 Å². The third kappa shape index (κ3) is 2.47. The minimum atomic E-state index is -0.166. The lowest BCUT2D eigenvalue weighted by atomic mass is 9.95. The first kappa shape index (κ1) is 12.9. The molecule has 1 aromatic heterocycles. The number of nitrogens with two attached hydrogens (primary N) is 1. The fourth-order valence-electron chi connectivity index (χ4n) is 2.19. The van der Waals surface area contributed by atoms with E-state index in [9.17, 15) is 0 Å². The van der Waals surface area contributed by atoms with Crippen molar-refractivity contribution in [3.63, 3.8) is 0 Å². The van der Waals surface area contributed by atoms with Crippen LogP contribution in [-0.2, 0) is 5.54 Å². The fraction of sp³-hybridized carbons (Fsp3) is 0.188. The minimum Gasteiger partial charge on any atom is -0.399 e. The van der Waals surface area contributed by atoms with E-state index < -0.39 is 0 Å². The second kappa shape index (κ2) is 4.80. The second-order valence-corrected chi connectivity index (χ2v) is 6.39. The van der Waals surface area contributed by atoms with Crippen molar-refractivity contribution >= 4 is 32.4 Å². The highest BCUT2D eigenvalue weighted by Crippen LogP contribution is 2.32. The molecule has 0 saturated heterocycles. The Morgan fingerprint density at radius 1 is 1.10 bits per heavy atom. The standard InChI is InChI=1S/C16H17N3S/c1-16(2,11-6-4-3-5-7-11)19-15-18-13-9-8-12(17)10-14(13)20-15/h3-10H,17H2,1-2H3,(H,18,19). The first-order chi connectivity index (χ1) is 9.54. The van der Waals surface area contributed by atoms with E-state index >= 15 is 0 Å². The lowest BCUT2D eigenvalue weighted by Crippen LogP contribution is -2.27. The van der Waals surface area contributed by atoms with Gasteiger partial charge in [0, 0.05) is 5.69 Å².